The molecule has 0 bridgehead atoms. The first-order valence-corrected chi connectivity index (χ1v) is 8.30. The molecule has 2 aliphatic rings. The zero-order chi connectivity index (χ0) is 15.8. The van der Waals surface area contributed by atoms with Crippen LogP contribution >= 0.6 is 0 Å². The van der Waals surface area contributed by atoms with Crippen molar-refractivity contribution in [3.8, 4) is 0 Å². The predicted octanol–water partition coefficient (Wildman–Crippen LogP) is 1.99. The van der Waals surface area contributed by atoms with Gasteiger partial charge in [-0.15, -0.1) is 0 Å². The Bertz CT molecular complexity index is 668. The van der Waals surface area contributed by atoms with E-state index in [0.717, 1.165) is 48.7 Å². The summed E-state index contributed by atoms with van der Waals surface area (Å²) in [5.74, 6) is 2.64. The SMILES string of the molecule is Cc1cc(C)nc(N2CCC3CCN(c4ccncn4)CC32)n1. The van der Waals surface area contributed by atoms with E-state index < -0.39 is 0 Å². The maximum absolute atomic E-state index is 4.68. The van der Waals surface area contributed by atoms with Gasteiger partial charge in [0.15, 0.2) is 0 Å². The molecule has 2 saturated heterocycles. The van der Waals surface area contributed by atoms with E-state index in [9.17, 15) is 0 Å². The summed E-state index contributed by atoms with van der Waals surface area (Å²) in [5, 5.41) is 0. The summed E-state index contributed by atoms with van der Waals surface area (Å²) in [6, 6.07) is 4.50. The number of rotatable bonds is 2. The Kier molecular flexibility index (Phi) is 3.59. The largest absolute Gasteiger partial charge is 0.354 e. The minimum Gasteiger partial charge on any atom is -0.354 e. The number of aromatic nitrogens is 4. The third-order valence-corrected chi connectivity index (χ3v) is 4.98. The van der Waals surface area contributed by atoms with Crippen molar-refractivity contribution < 1.29 is 0 Å². The summed E-state index contributed by atoms with van der Waals surface area (Å²) in [4.78, 5) is 22.5. The van der Waals surface area contributed by atoms with Crippen LogP contribution in [0.3, 0.4) is 0 Å². The molecule has 2 aromatic rings. The van der Waals surface area contributed by atoms with Crippen LogP contribution < -0.4 is 9.80 Å². The lowest BCUT2D eigenvalue weighted by molar-refractivity contribution is 0.387. The van der Waals surface area contributed by atoms with E-state index in [1.165, 1.54) is 12.8 Å². The molecule has 23 heavy (non-hydrogen) atoms. The minimum atomic E-state index is 0.472. The molecular weight excluding hydrogens is 288 g/mol. The van der Waals surface area contributed by atoms with E-state index in [-0.39, 0.29) is 0 Å². The molecule has 2 unspecified atom stereocenters. The molecule has 0 saturated carbocycles. The number of anilines is 2. The van der Waals surface area contributed by atoms with Crippen LogP contribution in [-0.4, -0.2) is 45.6 Å². The fraction of sp³-hybridized carbons (Fsp3) is 0.529. The van der Waals surface area contributed by atoms with E-state index >= 15 is 0 Å². The molecular formula is C17H22N6. The lowest BCUT2D eigenvalue weighted by Crippen LogP contribution is -2.49. The molecule has 0 aliphatic carbocycles. The lowest BCUT2D eigenvalue weighted by atomic mass is 9.92. The summed E-state index contributed by atoms with van der Waals surface area (Å²) >= 11 is 0. The molecule has 2 aromatic heterocycles. The molecule has 120 valence electrons. The van der Waals surface area contributed by atoms with Gasteiger partial charge in [-0.25, -0.2) is 19.9 Å². The van der Waals surface area contributed by atoms with Crippen molar-refractivity contribution in [1.82, 2.24) is 19.9 Å². The monoisotopic (exact) mass is 310 g/mol. The summed E-state index contributed by atoms with van der Waals surface area (Å²) < 4.78 is 0. The van der Waals surface area contributed by atoms with Crippen molar-refractivity contribution in [2.24, 2.45) is 5.92 Å². The molecule has 2 fully saturated rings. The maximum Gasteiger partial charge on any atom is 0.226 e. The van der Waals surface area contributed by atoms with Crippen molar-refractivity contribution in [2.45, 2.75) is 32.7 Å². The van der Waals surface area contributed by atoms with Crippen molar-refractivity contribution in [3.63, 3.8) is 0 Å². The first-order chi connectivity index (χ1) is 11.2. The highest BCUT2D eigenvalue weighted by molar-refractivity contribution is 5.42. The standard InChI is InChI=1S/C17H22N6/c1-12-9-13(2)21-17(20-12)23-8-5-14-4-7-22(10-15(14)23)16-3-6-18-11-19-16/h3,6,9,11,14-15H,4-5,7-8,10H2,1-2H3. The van der Waals surface area contributed by atoms with Gasteiger partial charge in [-0.3, -0.25) is 0 Å². The van der Waals surface area contributed by atoms with Crippen molar-refractivity contribution in [3.05, 3.63) is 36.0 Å². The van der Waals surface area contributed by atoms with Crippen LogP contribution in [0, 0.1) is 19.8 Å². The molecule has 6 nitrogen and oxygen atoms in total. The smallest absolute Gasteiger partial charge is 0.226 e. The van der Waals surface area contributed by atoms with E-state index in [4.69, 9.17) is 0 Å². The minimum absolute atomic E-state index is 0.472. The number of hydrogen-bond acceptors (Lipinski definition) is 6. The van der Waals surface area contributed by atoms with Gasteiger partial charge in [0.05, 0.1) is 6.04 Å². The number of nitrogens with zero attached hydrogens (tertiary/aromatic N) is 6. The highest BCUT2D eigenvalue weighted by Gasteiger charge is 2.39. The Morgan fingerprint density at radius 1 is 1.09 bits per heavy atom. The van der Waals surface area contributed by atoms with Crippen molar-refractivity contribution in [1.29, 1.82) is 0 Å². The maximum atomic E-state index is 4.68. The average molecular weight is 310 g/mol. The molecule has 0 aromatic carbocycles. The summed E-state index contributed by atoms with van der Waals surface area (Å²) in [6.45, 7) is 7.19. The quantitative estimate of drug-likeness (QED) is 0.845. The Morgan fingerprint density at radius 3 is 2.61 bits per heavy atom. The average Bonchev–Trinajstić information content (AvgIpc) is 2.98. The number of piperidine rings is 1. The molecule has 0 amide bonds. The molecule has 6 heteroatoms. The van der Waals surface area contributed by atoms with Gasteiger partial charge in [-0.1, -0.05) is 0 Å². The molecule has 0 spiro atoms. The second-order valence-corrected chi connectivity index (χ2v) is 6.56. The lowest BCUT2D eigenvalue weighted by Gasteiger charge is -2.39. The molecule has 2 atom stereocenters. The fourth-order valence-corrected chi connectivity index (χ4v) is 3.90. The van der Waals surface area contributed by atoms with Gasteiger partial charge in [0.25, 0.3) is 0 Å². The Morgan fingerprint density at radius 2 is 1.87 bits per heavy atom. The predicted molar refractivity (Wildman–Crippen MR) is 89.6 cm³/mol. The van der Waals surface area contributed by atoms with Gasteiger partial charge >= 0.3 is 0 Å². The topological polar surface area (TPSA) is 58.0 Å². The molecule has 4 rings (SSSR count). The van der Waals surface area contributed by atoms with Crippen LogP contribution in [0.25, 0.3) is 0 Å². The number of aryl methyl sites for hydroxylation is 2. The summed E-state index contributed by atoms with van der Waals surface area (Å²) in [6.07, 6.45) is 5.88. The van der Waals surface area contributed by atoms with E-state index in [1.807, 2.05) is 32.2 Å². The van der Waals surface area contributed by atoms with Crippen LogP contribution in [0.4, 0.5) is 11.8 Å². The van der Waals surface area contributed by atoms with Gasteiger partial charge in [-0.2, -0.15) is 0 Å². The normalized spacial score (nSPS) is 23.9. The van der Waals surface area contributed by atoms with Crippen LogP contribution in [0.15, 0.2) is 24.7 Å². The van der Waals surface area contributed by atoms with Crippen LogP contribution in [0.2, 0.25) is 0 Å². The molecule has 0 N–H and O–H groups in total. The Labute approximate surface area is 136 Å². The highest BCUT2D eigenvalue weighted by Crippen LogP contribution is 2.34. The van der Waals surface area contributed by atoms with Gasteiger partial charge < -0.3 is 9.80 Å². The van der Waals surface area contributed by atoms with Gasteiger partial charge in [-0.05, 0) is 44.7 Å². The van der Waals surface area contributed by atoms with E-state index in [1.54, 1.807) is 6.33 Å². The second-order valence-electron chi connectivity index (χ2n) is 6.56. The first-order valence-electron chi connectivity index (χ1n) is 8.30. The molecule has 4 heterocycles. The van der Waals surface area contributed by atoms with Crippen LogP contribution in [0.1, 0.15) is 24.2 Å². The fourth-order valence-electron chi connectivity index (χ4n) is 3.90. The highest BCUT2D eigenvalue weighted by atomic mass is 15.3. The third-order valence-electron chi connectivity index (χ3n) is 4.98. The zero-order valence-electron chi connectivity index (χ0n) is 13.7. The first kappa shape index (κ1) is 14.4. The Balaban J connectivity index is 1.59. The van der Waals surface area contributed by atoms with Crippen molar-refractivity contribution in [2.75, 3.05) is 29.4 Å². The van der Waals surface area contributed by atoms with Crippen LogP contribution in [0.5, 0.6) is 0 Å². The third kappa shape index (κ3) is 2.73. The van der Waals surface area contributed by atoms with Crippen molar-refractivity contribution >= 4 is 11.8 Å². The summed E-state index contributed by atoms with van der Waals surface area (Å²) in [7, 11) is 0. The van der Waals surface area contributed by atoms with E-state index in [2.05, 4.69) is 29.7 Å². The Hall–Kier alpha value is -2.24. The van der Waals surface area contributed by atoms with Gasteiger partial charge in [0.1, 0.15) is 12.1 Å². The molecule has 2 aliphatic heterocycles. The van der Waals surface area contributed by atoms with E-state index in [0.29, 0.717) is 6.04 Å². The number of fused-ring (bicyclic) bond motifs is 1. The second kappa shape index (κ2) is 5.76. The molecule has 0 radical (unpaired) electrons. The zero-order valence-corrected chi connectivity index (χ0v) is 13.7. The van der Waals surface area contributed by atoms with Gasteiger partial charge in [0.2, 0.25) is 5.95 Å². The number of hydrogen-bond donors (Lipinski definition) is 0. The van der Waals surface area contributed by atoms with Crippen LogP contribution in [-0.2, 0) is 0 Å². The summed E-state index contributed by atoms with van der Waals surface area (Å²) in [5.41, 5.74) is 2.08. The van der Waals surface area contributed by atoms with Gasteiger partial charge in [0, 0.05) is 37.2 Å².